The van der Waals surface area contributed by atoms with Gasteiger partial charge in [0.15, 0.2) is 0 Å². The highest BCUT2D eigenvalue weighted by Crippen LogP contribution is 2.36. The second-order valence-electron chi connectivity index (χ2n) is 6.61. The Labute approximate surface area is 146 Å². The summed E-state index contributed by atoms with van der Waals surface area (Å²) in [5, 5.41) is 26.7. The van der Waals surface area contributed by atoms with Gasteiger partial charge in [0.1, 0.15) is 6.23 Å². The molecule has 4 rings (SSSR count). The second kappa shape index (κ2) is 6.61. The quantitative estimate of drug-likeness (QED) is 0.463. The van der Waals surface area contributed by atoms with Crippen LogP contribution < -0.4 is 10.6 Å². The molecule has 0 radical (unpaired) electrons. The number of aliphatic hydroxyl groups is 2. The number of H-pyrrole nitrogens is 1. The van der Waals surface area contributed by atoms with Gasteiger partial charge in [-0.25, -0.2) is 0 Å². The fraction of sp³-hybridized carbons (Fsp3) is 0.300. The molecule has 25 heavy (non-hydrogen) atoms. The van der Waals surface area contributed by atoms with Crippen LogP contribution in [0.15, 0.2) is 36.4 Å². The Morgan fingerprint density at radius 3 is 2.92 bits per heavy atom. The predicted molar refractivity (Wildman–Crippen MR) is 99.1 cm³/mol. The maximum atomic E-state index is 10.3. The number of nitrogens with one attached hydrogen (secondary N) is 3. The van der Waals surface area contributed by atoms with Gasteiger partial charge in [-0.3, -0.25) is 5.32 Å². The lowest BCUT2D eigenvalue weighted by Gasteiger charge is -2.11. The first-order chi connectivity index (χ1) is 12.2. The van der Waals surface area contributed by atoms with E-state index in [1.807, 2.05) is 0 Å². The Balaban J connectivity index is 1.72. The lowest BCUT2D eigenvalue weighted by atomic mass is 9.96. The van der Waals surface area contributed by atoms with Crippen LogP contribution in [0.5, 0.6) is 0 Å². The lowest BCUT2D eigenvalue weighted by molar-refractivity contribution is 0.152. The SMILES string of the molecule is Cc1ccc(-c2cc3cc(CNCCO)ccc3[nH]2)c2c1CNC2O. The van der Waals surface area contributed by atoms with Crippen LogP contribution in [0, 0.1) is 6.92 Å². The first kappa shape index (κ1) is 16.3. The van der Waals surface area contributed by atoms with Crippen LogP contribution in [0.3, 0.4) is 0 Å². The number of aryl methyl sites for hydroxylation is 1. The Bertz CT molecular complexity index is 917. The molecular weight excluding hydrogens is 314 g/mol. The highest BCUT2D eigenvalue weighted by Gasteiger charge is 2.25. The highest BCUT2D eigenvalue weighted by atomic mass is 16.3. The third-order valence-corrected chi connectivity index (χ3v) is 4.93. The fourth-order valence-corrected chi connectivity index (χ4v) is 3.61. The molecule has 0 saturated carbocycles. The minimum absolute atomic E-state index is 0.144. The fourth-order valence-electron chi connectivity index (χ4n) is 3.61. The minimum Gasteiger partial charge on any atom is -0.395 e. The summed E-state index contributed by atoms with van der Waals surface area (Å²) in [6.45, 7) is 4.26. The minimum atomic E-state index is -0.616. The average Bonchev–Trinajstić information content (AvgIpc) is 3.20. The van der Waals surface area contributed by atoms with E-state index >= 15 is 0 Å². The number of hydrogen-bond donors (Lipinski definition) is 5. The van der Waals surface area contributed by atoms with Crippen molar-refractivity contribution in [3.63, 3.8) is 0 Å². The van der Waals surface area contributed by atoms with Gasteiger partial charge in [0.2, 0.25) is 0 Å². The van der Waals surface area contributed by atoms with Crippen LogP contribution in [0.25, 0.3) is 22.2 Å². The Morgan fingerprint density at radius 1 is 1.20 bits per heavy atom. The van der Waals surface area contributed by atoms with E-state index in [0.717, 1.165) is 34.3 Å². The predicted octanol–water partition coefficient (Wildman–Crippen LogP) is 2.32. The molecule has 1 aliphatic heterocycles. The molecule has 0 bridgehead atoms. The molecular formula is C20H23N3O2. The van der Waals surface area contributed by atoms with Crippen molar-refractivity contribution in [3.8, 4) is 11.3 Å². The van der Waals surface area contributed by atoms with Crippen LogP contribution in [0.1, 0.15) is 28.5 Å². The second-order valence-corrected chi connectivity index (χ2v) is 6.61. The Kier molecular flexibility index (Phi) is 4.31. The monoisotopic (exact) mass is 337 g/mol. The molecule has 2 heterocycles. The van der Waals surface area contributed by atoms with Crippen LogP contribution in [0.2, 0.25) is 0 Å². The molecule has 5 heteroatoms. The number of benzene rings is 2. The summed E-state index contributed by atoms with van der Waals surface area (Å²) in [5.41, 5.74) is 7.71. The third kappa shape index (κ3) is 2.96. The van der Waals surface area contributed by atoms with E-state index in [1.165, 1.54) is 16.7 Å². The first-order valence-electron chi connectivity index (χ1n) is 8.65. The standard InChI is InChI=1S/C20H23N3O2/c1-12-2-4-15(19-16(12)11-22-20(19)25)18-9-14-8-13(10-21-6-7-24)3-5-17(14)23-18/h2-5,8-9,20-25H,6-7,10-11H2,1H3. The average molecular weight is 337 g/mol. The zero-order valence-corrected chi connectivity index (χ0v) is 14.3. The van der Waals surface area contributed by atoms with Gasteiger partial charge in [-0.05, 0) is 41.8 Å². The van der Waals surface area contributed by atoms with E-state index in [1.54, 1.807) is 0 Å². The number of aromatic amines is 1. The van der Waals surface area contributed by atoms with Crippen LogP contribution in [-0.2, 0) is 13.1 Å². The molecule has 1 aliphatic rings. The van der Waals surface area contributed by atoms with Gasteiger partial charge in [0.05, 0.1) is 6.61 Å². The van der Waals surface area contributed by atoms with Crippen LogP contribution in [-0.4, -0.2) is 28.3 Å². The summed E-state index contributed by atoms with van der Waals surface area (Å²) < 4.78 is 0. The number of rotatable bonds is 5. The summed E-state index contributed by atoms with van der Waals surface area (Å²) in [5.74, 6) is 0. The molecule has 1 atom stereocenters. The van der Waals surface area contributed by atoms with Crippen molar-refractivity contribution in [2.45, 2.75) is 26.2 Å². The smallest absolute Gasteiger partial charge is 0.132 e. The third-order valence-electron chi connectivity index (χ3n) is 4.93. The summed E-state index contributed by atoms with van der Waals surface area (Å²) in [7, 11) is 0. The van der Waals surface area contributed by atoms with Crippen molar-refractivity contribution in [2.75, 3.05) is 13.2 Å². The van der Waals surface area contributed by atoms with Crippen molar-refractivity contribution in [3.05, 3.63) is 58.7 Å². The van der Waals surface area contributed by atoms with Crippen molar-refractivity contribution in [1.82, 2.24) is 15.6 Å². The molecule has 130 valence electrons. The molecule has 3 aromatic rings. The van der Waals surface area contributed by atoms with Gasteiger partial charge in [0, 0.05) is 47.4 Å². The zero-order chi connectivity index (χ0) is 17.4. The van der Waals surface area contributed by atoms with Gasteiger partial charge in [-0.1, -0.05) is 18.2 Å². The number of aliphatic hydroxyl groups excluding tert-OH is 2. The molecule has 0 spiro atoms. The van der Waals surface area contributed by atoms with Gasteiger partial charge >= 0.3 is 0 Å². The number of fused-ring (bicyclic) bond motifs is 2. The lowest BCUT2D eigenvalue weighted by Crippen LogP contribution is -2.17. The molecule has 0 aliphatic carbocycles. The summed E-state index contributed by atoms with van der Waals surface area (Å²) >= 11 is 0. The topological polar surface area (TPSA) is 80.3 Å². The van der Waals surface area contributed by atoms with Gasteiger partial charge in [0.25, 0.3) is 0 Å². The van der Waals surface area contributed by atoms with Crippen molar-refractivity contribution in [2.24, 2.45) is 0 Å². The highest BCUT2D eigenvalue weighted by molar-refractivity contribution is 5.87. The molecule has 5 N–H and O–H groups in total. The molecule has 1 aromatic heterocycles. The van der Waals surface area contributed by atoms with E-state index in [9.17, 15) is 5.11 Å². The summed E-state index contributed by atoms with van der Waals surface area (Å²) in [6.07, 6.45) is -0.616. The van der Waals surface area contributed by atoms with Gasteiger partial charge in [-0.2, -0.15) is 0 Å². The molecule has 0 amide bonds. The van der Waals surface area contributed by atoms with E-state index in [0.29, 0.717) is 13.1 Å². The molecule has 2 aromatic carbocycles. The van der Waals surface area contributed by atoms with E-state index in [4.69, 9.17) is 5.11 Å². The first-order valence-corrected chi connectivity index (χ1v) is 8.65. The summed E-state index contributed by atoms with van der Waals surface area (Å²) in [4.78, 5) is 3.48. The molecule has 0 saturated heterocycles. The Hall–Kier alpha value is -2.18. The van der Waals surface area contributed by atoms with E-state index in [-0.39, 0.29) is 6.61 Å². The molecule has 5 nitrogen and oxygen atoms in total. The molecule has 0 fully saturated rings. The number of aromatic nitrogens is 1. The van der Waals surface area contributed by atoms with Crippen molar-refractivity contribution >= 4 is 10.9 Å². The van der Waals surface area contributed by atoms with E-state index in [2.05, 4.69) is 58.9 Å². The van der Waals surface area contributed by atoms with Crippen molar-refractivity contribution in [1.29, 1.82) is 0 Å². The van der Waals surface area contributed by atoms with Crippen LogP contribution in [0.4, 0.5) is 0 Å². The Morgan fingerprint density at radius 2 is 2.08 bits per heavy atom. The van der Waals surface area contributed by atoms with Gasteiger partial charge in [-0.15, -0.1) is 0 Å². The largest absolute Gasteiger partial charge is 0.395 e. The maximum Gasteiger partial charge on any atom is 0.132 e. The molecule has 1 unspecified atom stereocenters. The summed E-state index contributed by atoms with van der Waals surface area (Å²) in [6, 6.07) is 12.7. The maximum absolute atomic E-state index is 10.3. The van der Waals surface area contributed by atoms with Crippen molar-refractivity contribution < 1.29 is 10.2 Å². The van der Waals surface area contributed by atoms with E-state index < -0.39 is 6.23 Å². The zero-order valence-electron chi connectivity index (χ0n) is 14.3. The van der Waals surface area contributed by atoms with Gasteiger partial charge < -0.3 is 20.5 Å². The number of hydrogen-bond acceptors (Lipinski definition) is 4. The van der Waals surface area contributed by atoms with Crippen LogP contribution >= 0.6 is 0 Å². The normalized spacial score (nSPS) is 16.5.